The van der Waals surface area contributed by atoms with Crippen LogP contribution < -0.4 is 5.32 Å². The van der Waals surface area contributed by atoms with Gasteiger partial charge >= 0.3 is 0 Å². The van der Waals surface area contributed by atoms with Gasteiger partial charge in [-0.05, 0) is 24.4 Å². The number of benzene rings is 1. The number of rotatable bonds is 3. The van der Waals surface area contributed by atoms with E-state index >= 15 is 0 Å². The van der Waals surface area contributed by atoms with Gasteiger partial charge in [-0.2, -0.15) is 0 Å². The van der Waals surface area contributed by atoms with Gasteiger partial charge in [0.1, 0.15) is 5.82 Å². The van der Waals surface area contributed by atoms with E-state index < -0.39 is 0 Å². The minimum atomic E-state index is -0.104. The Balaban J connectivity index is 2.02. The van der Waals surface area contributed by atoms with Gasteiger partial charge in [0.15, 0.2) is 0 Å². The van der Waals surface area contributed by atoms with Crippen LogP contribution in [0.3, 0.4) is 0 Å². The summed E-state index contributed by atoms with van der Waals surface area (Å²) in [6, 6.07) is 9.61. The molecule has 0 radical (unpaired) electrons. The first-order valence-electron chi connectivity index (χ1n) is 7.00. The third-order valence-corrected chi connectivity index (χ3v) is 4.70. The average molecular weight is 290 g/mol. The highest BCUT2D eigenvalue weighted by Gasteiger charge is 2.26. The van der Waals surface area contributed by atoms with E-state index in [0.29, 0.717) is 0 Å². The summed E-state index contributed by atoms with van der Waals surface area (Å²) in [5.41, 5.74) is 1.91. The van der Waals surface area contributed by atoms with Crippen molar-refractivity contribution in [2.45, 2.75) is 13.0 Å². The first-order valence-corrected chi connectivity index (χ1v) is 7.88. The molecule has 20 heavy (non-hydrogen) atoms. The molecule has 3 rings (SSSR count). The SMILES string of the molecule is Cc1ccc(F)c([C@@H](c2cccs2)N2CCNCC2)c1. The Kier molecular flexibility index (Phi) is 4.15. The van der Waals surface area contributed by atoms with Gasteiger partial charge in [-0.25, -0.2) is 4.39 Å². The molecular weight excluding hydrogens is 271 g/mol. The first kappa shape index (κ1) is 13.7. The van der Waals surface area contributed by atoms with Gasteiger partial charge in [-0.15, -0.1) is 11.3 Å². The van der Waals surface area contributed by atoms with Gasteiger partial charge in [0.05, 0.1) is 6.04 Å². The van der Waals surface area contributed by atoms with Crippen LogP contribution in [0.25, 0.3) is 0 Å². The average Bonchev–Trinajstić information content (AvgIpc) is 2.98. The molecule has 1 fully saturated rings. The predicted octanol–water partition coefficient (Wildman–Crippen LogP) is 3.19. The quantitative estimate of drug-likeness (QED) is 0.934. The van der Waals surface area contributed by atoms with Gasteiger partial charge in [-0.1, -0.05) is 23.8 Å². The maximum absolute atomic E-state index is 14.3. The van der Waals surface area contributed by atoms with Crippen molar-refractivity contribution in [1.29, 1.82) is 0 Å². The summed E-state index contributed by atoms with van der Waals surface area (Å²) >= 11 is 1.71. The van der Waals surface area contributed by atoms with E-state index in [0.717, 1.165) is 37.3 Å². The summed E-state index contributed by atoms with van der Waals surface area (Å²) in [7, 11) is 0. The van der Waals surface area contributed by atoms with Crippen molar-refractivity contribution in [1.82, 2.24) is 10.2 Å². The summed E-state index contributed by atoms with van der Waals surface area (Å²) in [6.45, 7) is 5.86. The highest BCUT2D eigenvalue weighted by molar-refractivity contribution is 7.10. The van der Waals surface area contributed by atoms with Gasteiger partial charge < -0.3 is 5.32 Å². The smallest absolute Gasteiger partial charge is 0.128 e. The van der Waals surface area contributed by atoms with E-state index in [1.807, 2.05) is 25.1 Å². The standard InChI is InChI=1S/C16H19FN2S/c1-12-4-5-14(17)13(11-12)16(15-3-2-10-20-15)19-8-6-18-7-9-19/h2-5,10-11,16,18H,6-9H2,1H3/t16-/m0/s1. The van der Waals surface area contributed by atoms with E-state index in [9.17, 15) is 4.39 Å². The van der Waals surface area contributed by atoms with Crippen LogP contribution in [-0.2, 0) is 0 Å². The Morgan fingerprint density at radius 3 is 2.75 bits per heavy atom. The van der Waals surface area contributed by atoms with Crippen molar-refractivity contribution in [3.63, 3.8) is 0 Å². The Morgan fingerprint density at radius 2 is 2.05 bits per heavy atom. The molecule has 1 aliphatic heterocycles. The largest absolute Gasteiger partial charge is 0.314 e. The molecule has 0 bridgehead atoms. The molecule has 0 spiro atoms. The van der Waals surface area contributed by atoms with Crippen molar-refractivity contribution in [3.8, 4) is 0 Å². The summed E-state index contributed by atoms with van der Waals surface area (Å²) in [6.07, 6.45) is 0. The second kappa shape index (κ2) is 6.04. The molecule has 106 valence electrons. The van der Waals surface area contributed by atoms with Gasteiger partial charge in [-0.3, -0.25) is 4.90 Å². The van der Waals surface area contributed by atoms with E-state index in [4.69, 9.17) is 0 Å². The molecule has 0 unspecified atom stereocenters. The van der Waals surface area contributed by atoms with Gasteiger partial charge in [0.2, 0.25) is 0 Å². The second-order valence-corrected chi connectivity index (χ2v) is 6.21. The van der Waals surface area contributed by atoms with Crippen LogP contribution in [0.5, 0.6) is 0 Å². The molecule has 2 aromatic rings. The number of thiophene rings is 1. The number of nitrogens with zero attached hydrogens (tertiary/aromatic N) is 1. The highest BCUT2D eigenvalue weighted by Crippen LogP contribution is 2.33. The predicted molar refractivity (Wildman–Crippen MR) is 81.7 cm³/mol. The Labute approximate surface area is 123 Å². The number of nitrogens with one attached hydrogen (secondary N) is 1. The minimum absolute atomic E-state index is 0.0389. The van der Waals surface area contributed by atoms with Crippen LogP contribution in [0.4, 0.5) is 4.39 Å². The Morgan fingerprint density at radius 1 is 1.25 bits per heavy atom. The zero-order valence-corrected chi connectivity index (χ0v) is 12.4. The van der Waals surface area contributed by atoms with Crippen LogP contribution in [0.15, 0.2) is 35.7 Å². The van der Waals surface area contributed by atoms with Crippen molar-refractivity contribution in [3.05, 3.63) is 57.5 Å². The van der Waals surface area contributed by atoms with E-state index in [1.54, 1.807) is 17.4 Å². The number of aryl methyl sites for hydroxylation is 1. The molecular formula is C16H19FN2S. The first-order chi connectivity index (χ1) is 9.75. The monoisotopic (exact) mass is 290 g/mol. The summed E-state index contributed by atoms with van der Waals surface area (Å²) in [5.74, 6) is -0.104. The third kappa shape index (κ3) is 2.77. The maximum atomic E-state index is 14.3. The second-order valence-electron chi connectivity index (χ2n) is 5.23. The normalized spacial score (nSPS) is 18.1. The fourth-order valence-electron chi connectivity index (χ4n) is 2.79. The topological polar surface area (TPSA) is 15.3 Å². The van der Waals surface area contributed by atoms with E-state index in [2.05, 4.69) is 21.7 Å². The fraction of sp³-hybridized carbons (Fsp3) is 0.375. The van der Waals surface area contributed by atoms with Crippen molar-refractivity contribution in [2.75, 3.05) is 26.2 Å². The van der Waals surface area contributed by atoms with Crippen LogP contribution in [0.1, 0.15) is 22.0 Å². The van der Waals surface area contributed by atoms with Crippen molar-refractivity contribution < 1.29 is 4.39 Å². The molecule has 2 nitrogen and oxygen atoms in total. The summed E-state index contributed by atoms with van der Waals surface area (Å²) < 4.78 is 14.3. The molecule has 0 aliphatic carbocycles. The van der Waals surface area contributed by atoms with Crippen molar-refractivity contribution in [2.24, 2.45) is 0 Å². The number of piperazine rings is 1. The molecule has 1 aliphatic rings. The van der Waals surface area contributed by atoms with Crippen LogP contribution in [-0.4, -0.2) is 31.1 Å². The van der Waals surface area contributed by atoms with Crippen LogP contribution in [0, 0.1) is 12.7 Å². The maximum Gasteiger partial charge on any atom is 0.128 e. The Bertz CT molecular complexity index is 562. The van der Waals surface area contributed by atoms with Crippen LogP contribution in [0.2, 0.25) is 0 Å². The zero-order valence-electron chi connectivity index (χ0n) is 11.6. The molecule has 0 saturated carbocycles. The number of halogens is 1. The number of hydrogen-bond acceptors (Lipinski definition) is 3. The lowest BCUT2D eigenvalue weighted by atomic mass is 10.00. The summed E-state index contributed by atoms with van der Waals surface area (Å²) in [5, 5.41) is 5.43. The molecule has 1 saturated heterocycles. The molecule has 1 N–H and O–H groups in total. The summed E-state index contributed by atoms with van der Waals surface area (Å²) in [4.78, 5) is 3.59. The van der Waals surface area contributed by atoms with Crippen LogP contribution >= 0.6 is 11.3 Å². The van der Waals surface area contributed by atoms with E-state index in [1.165, 1.54) is 4.88 Å². The highest BCUT2D eigenvalue weighted by atomic mass is 32.1. The lowest BCUT2D eigenvalue weighted by Gasteiger charge is -2.35. The van der Waals surface area contributed by atoms with Crippen molar-refractivity contribution >= 4 is 11.3 Å². The molecule has 2 heterocycles. The zero-order chi connectivity index (χ0) is 13.9. The third-order valence-electron chi connectivity index (χ3n) is 3.78. The fourth-order valence-corrected chi connectivity index (χ4v) is 3.67. The molecule has 0 amide bonds. The molecule has 1 aromatic heterocycles. The Hall–Kier alpha value is -1.23. The van der Waals surface area contributed by atoms with E-state index in [-0.39, 0.29) is 11.9 Å². The molecule has 4 heteroatoms. The van der Waals surface area contributed by atoms with Gasteiger partial charge in [0.25, 0.3) is 0 Å². The van der Waals surface area contributed by atoms with Gasteiger partial charge in [0, 0.05) is 36.6 Å². The lowest BCUT2D eigenvalue weighted by molar-refractivity contribution is 0.197. The molecule has 1 atom stereocenters. The molecule has 1 aromatic carbocycles. The number of hydrogen-bond donors (Lipinski definition) is 1. The lowest BCUT2D eigenvalue weighted by Crippen LogP contribution is -2.45. The minimum Gasteiger partial charge on any atom is -0.314 e.